The van der Waals surface area contributed by atoms with Gasteiger partial charge in [0.2, 0.25) is 10.0 Å². The molecule has 0 aromatic carbocycles. The van der Waals surface area contributed by atoms with Crippen molar-refractivity contribution in [1.29, 1.82) is 0 Å². The van der Waals surface area contributed by atoms with Crippen LogP contribution in [0, 0.1) is 18.8 Å². The second-order valence-corrected chi connectivity index (χ2v) is 8.48. The highest BCUT2D eigenvalue weighted by Crippen LogP contribution is 2.32. The fraction of sp³-hybridized carbons (Fsp3) is 0.692. The molecule has 2 atom stereocenters. The van der Waals surface area contributed by atoms with Gasteiger partial charge in [-0.2, -0.15) is 4.31 Å². The smallest absolute Gasteiger partial charge is 0.244 e. The highest BCUT2D eigenvalue weighted by atomic mass is 32.2. The van der Waals surface area contributed by atoms with Gasteiger partial charge in [0.15, 0.2) is 0 Å². The van der Waals surface area contributed by atoms with Crippen molar-refractivity contribution in [2.75, 3.05) is 13.1 Å². The summed E-state index contributed by atoms with van der Waals surface area (Å²) < 4.78 is 27.3. The van der Waals surface area contributed by atoms with Crippen molar-refractivity contribution in [2.24, 2.45) is 17.6 Å². The minimum absolute atomic E-state index is 0.284. The molecule has 19 heavy (non-hydrogen) atoms. The minimum Gasteiger partial charge on any atom is -0.326 e. The van der Waals surface area contributed by atoms with Crippen LogP contribution in [0.2, 0.25) is 0 Å². The number of nitrogens with zero attached hydrogens (tertiary/aromatic N) is 1. The maximum Gasteiger partial charge on any atom is 0.244 e. The predicted octanol–water partition coefficient (Wildman–Crippen LogP) is 2.18. The highest BCUT2D eigenvalue weighted by molar-refractivity contribution is 7.89. The summed E-state index contributed by atoms with van der Waals surface area (Å²) in [5.74, 6) is 0.831. The molecular formula is C13H22N2O2S2. The molecule has 0 aliphatic carbocycles. The van der Waals surface area contributed by atoms with E-state index in [1.807, 2.05) is 12.3 Å². The molecule has 1 aromatic rings. The first-order valence-corrected chi connectivity index (χ1v) is 8.95. The number of piperidine rings is 1. The van der Waals surface area contributed by atoms with Gasteiger partial charge in [-0.05, 0) is 36.1 Å². The second-order valence-electron chi connectivity index (χ2n) is 5.64. The number of thiophene rings is 1. The van der Waals surface area contributed by atoms with E-state index in [9.17, 15) is 8.42 Å². The number of hydrogen-bond acceptors (Lipinski definition) is 4. The molecule has 1 aliphatic rings. The zero-order valence-electron chi connectivity index (χ0n) is 11.7. The largest absolute Gasteiger partial charge is 0.326 e. The lowest BCUT2D eigenvalue weighted by molar-refractivity contribution is 0.222. The Morgan fingerprint density at radius 2 is 1.95 bits per heavy atom. The van der Waals surface area contributed by atoms with E-state index in [-0.39, 0.29) is 6.54 Å². The molecule has 0 spiro atoms. The number of aryl methyl sites for hydroxylation is 1. The Bertz CT molecular complexity index is 541. The number of rotatable bonds is 3. The zero-order valence-corrected chi connectivity index (χ0v) is 13.4. The van der Waals surface area contributed by atoms with Crippen LogP contribution in [-0.2, 0) is 16.6 Å². The van der Waals surface area contributed by atoms with Gasteiger partial charge < -0.3 is 5.73 Å². The van der Waals surface area contributed by atoms with Crippen molar-refractivity contribution in [3.63, 3.8) is 0 Å². The van der Waals surface area contributed by atoms with Crippen molar-refractivity contribution in [3.8, 4) is 0 Å². The molecule has 108 valence electrons. The van der Waals surface area contributed by atoms with E-state index in [1.54, 1.807) is 4.31 Å². The fourth-order valence-corrected chi connectivity index (χ4v) is 6.24. The van der Waals surface area contributed by atoms with E-state index in [0.29, 0.717) is 29.8 Å². The summed E-state index contributed by atoms with van der Waals surface area (Å²) in [7, 11) is -3.39. The second kappa shape index (κ2) is 5.52. The van der Waals surface area contributed by atoms with Gasteiger partial charge in [-0.15, -0.1) is 11.3 Å². The van der Waals surface area contributed by atoms with Gasteiger partial charge in [0.1, 0.15) is 4.90 Å². The molecule has 2 unspecified atom stereocenters. The summed E-state index contributed by atoms with van der Waals surface area (Å²) >= 11 is 1.44. The maximum absolute atomic E-state index is 12.8. The Hall–Kier alpha value is -0.430. The van der Waals surface area contributed by atoms with E-state index in [1.165, 1.54) is 11.3 Å². The molecule has 0 bridgehead atoms. The zero-order chi connectivity index (χ0) is 14.2. The third kappa shape index (κ3) is 2.86. The lowest BCUT2D eigenvalue weighted by atomic mass is 9.94. The van der Waals surface area contributed by atoms with Crippen molar-refractivity contribution >= 4 is 21.4 Å². The van der Waals surface area contributed by atoms with Gasteiger partial charge in [-0.3, -0.25) is 0 Å². The summed E-state index contributed by atoms with van der Waals surface area (Å²) in [6.45, 7) is 7.59. The molecular weight excluding hydrogens is 280 g/mol. The SMILES string of the molecule is Cc1csc(CN)c1S(=O)(=O)N1CC(C)CC(C)C1. The van der Waals surface area contributed by atoms with E-state index in [2.05, 4.69) is 13.8 Å². The van der Waals surface area contributed by atoms with Crippen molar-refractivity contribution in [1.82, 2.24) is 4.31 Å². The summed E-state index contributed by atoms with van der Waals surface area (Å²) in [4.78, 5) is 1.21. The predicted molar refractivity (Wildman–Crippen MR) is 78.7 cm³/mol. The number of nitrogens with two attached hydrogens (primary N) is 1. The van der Waals surface area contributed by atoms with Crippen LogP contribution in [-0.4, -0.2) is 25.8 Å². The standard InChI is InChI=1S/C13H22N2O2S2/c1-9-4-10(2)7-15(6-9)19(16,17)13-11(3)8-18-12(13)5-14/h8-10H,4-7,14H2,1-3H3. The van der Waals surface area contributed by atoms with Crippen molar-refractivity contribution < 1.29 is 8.42 Å². The molecule has 1 saturated heterocycles. The van der Waals surface area contributed by atoms with Crippen LogP contribution in [0.3, 0.4) is 0 Å². The Balaban J connectivity index is 2.39. The number of hydrogen-bond donors (Lipinski definition) is 1. The Labute approximate surface area is 119 Å². The van der Waals surface area contributed by atoms with E-state index in [0.717, 1.165) is 16.9 Å². The van der Waals surface area contributed by atoms with E-state index in [4.69, 9.17) is 5.73 Å². The quantitative estimate of drug-likeness (QED) is 0.931. The van der Waals surface area contributed by atoms with Crippen LogP contribution >= 0.6 is 11.3 Å². The van der Waals surface area contributed by atoms with Crippen LogP contribution in [0.4, 0.5) is 0 Å². The summed E-state index contributed by atoms with van der Waals surface area (Å²) in [6.07, 6.45) is 1.10. The van der Waals surface area contributed by atoms with Crippen molar-refractivity contribution in [3.05, 3.63) is 15.8 Å². The summed E-state index contributed by atoms with van der Waals surface area (Å²) in [5, 5.41) is 1.88. The molecule has 4 nitrogen and oxygen atoms in total. The molecule has 1 aliphatic heterocycles. The summed E-state index contributed by atoms with van der Waals surface area (Å²) in [6, 6.07) is 0. The normalized spacial score (nSPS) is 25.7. The molecule has 1 aromatic heterocycles. The first kappa shape index (κ1) is 15.0. The van der Waals surface area contributed by atoms with Crippen LogP contribution in [0.25, 0.3) is 0 Å². The first-order chi connectivity index (χ1) is 8.86. The fourth-order valence-electron chi connectivity index (χ4n) is 2.91. The minimum atomic E-state index is -3.39. The molecule has 2 N–H and O–H groups in total. The molecule has 6 heteroatoms. The maximum atomic E-state index is 12.8. The van der Waals surface area contributed by atoms with Gasteiger partial charge in [-0.25, -0.2) is 8.42 Å². The molecule has 1 fully saturated rings. The Morgan fingerprint density at radius 3 is 2.47 bits per heavy atom. The molecule has 0 radical (unpaired) electrons. The third-order valence-electron chi connectivity index (χ3n) is 3.61. The van der Waals surface area contributed by atoms with E-state index >= 15 is 0 Å². The van der Waals surface area contributed by atoms with Gasteiger partial charge in [-0.1, -0.05) is 13.8 Å². The lowest BCUT2D eigenvalue weighted by Crippen LogP contribution is -2.42. The average Bonchev–Trinajstić information content (AvgIpc) is 2.69. The molecule has 0 saturated carbocycles. The van der Waals surface area contributed by atoms with Crippen LogP contribution < -0.4 is 5.73 Å². The Kier molecular flexibility index (Phi) is 4.35. The highest BCUT2D eigenvalue weighted by Gasteiger charge is 2.34. The lowest BCUT2D eigenvalue weighted by Gasteiger charge is -2.34. The topological polar surface area (TPSA) is 63.4 Å². The third-order valence-corrected chi connectivity index (χ3v) is 6.93. The van der Waals surface area contributed by atoms with Gasteiger partial charge >= 0.3 is 0 Å². The van der Waals surface area contributed by atoms with Gasteiger partial charge in [0.25, 0.3) is 0 Å². The van der Waals surface area contributed by atoms with E-state index < -0.39 is 10.0 Å². The molecule has 0 amide bonds. The Morgan fingerprint density at radius 1 is 1.37 bits per heavy atom. The monoisotopic (exact) mass is 302 g/mol. The molecule has 2 heterocycles. The summed E-state index contributed by atoms with van der Waals surface area (Å²) in [5.41, 5.74) is 6.49. The van der Waals surface area contributed by atoms with Crippen molar-refractivity contribution in [2.45, 2.75) is 38.6 Å². The number of sulfonamides is 1. The van der Waals surface area contributed by atoms with Crippen LogP contribution in [0.5, 0.6) is 0 Å². The van der Waals surface area contributed by atoms with Crippen LogP contribution in [0.1, 0.15) is 30.7 Å². The first-order valence-electron chi connectivity index (χ1n) is 6.63. The van der Waals surface area contributed by atoms with Gasteiger partial charge in [0.05, 0.1) is 0 Å². The van der Waals surface area contributed by atoms with Gasteiger partial charge in [0, 0.05) is 24.5 Å². The average molecular weight is 302 g/mol. The molecule has 2 rings (SSSR count). The van der Waals surface area contributed by atoms with Crippen LogP contribution in [0.15, 0.2) is 10.3 Å².